The number of nitrogens with zero attached hydrogens (tertiary/aromatic N) is 6. The standard InChI is InChI=1S/C25H29FN6O/c26-21-11-9-19(10-12-21)24-28-25(20-6-2-1-3-7-20)32(29-24)18-23(33)31-16-14-30(15-17-31)22-8-4-5-13-27-22/h4-5,8-13,20H,1-3,6-7,14-18H2. The van der Waals surface area contributed by atoms with Gasteiger partial charge in [-0.1, -0.05) is 25.3 Å². The highest BCUT2D eigenvalue weighted by atomic mass is 19.1. The molecule has 5 rings (SSSR count). The summed E-state index contributed by atoms with van der Waals surface area (Å²) in [5.41, 5.74) is 0.767. The van der Waals surface area contributed by atoms with Gasteiger partial charge in [-0.15, -0.1) is 0 Å². The van der Waals surface area contributed by atoms with E-state index in [0.29, 0.717) is 24.8 Å². The molecule has 0 bridgehead atoms. The second-order valence-electron chi connectivity index (χ2n) is 8.85. The summed E-state index contributed by atoms with van der Waals surface area (Å²) in [6.45, 7) is 3.03. The highest BCUT2D eigenvalue weighted by Crippen LogP contribution is 2.33. The predicted octanol–water partition coefficient (Wildman–Crippen LogP) is 3.88. The summed E-state index contributed by atoms with van der Waals surface area (Å²) in [6.07, 6.45) is 7.52. The van der Waals surface area contributed by atoms with Crippen LogP contribution in [0, 0.1) is 5.82 Å². The number of benzene rings is 1. The molecular weight excluding hydrogens is 419 g/mol. The van der Waals surface area contributed by atoms with E-state index in [4.69, 9.17) is 10.1 Å². The van der Waals surface area contributed by atoms with Crippen LogP contribution in [0.3, 0.4) is 0 Å². The number of amides is 1. The van der Waals surface area contributed by atoms with Crippen molar-refractivity contribution < 1.29 is 9.18 Å². The zero-order valence-electron chi connectivity index (χ0n) is 18.7. The molecule has 1 saturated carbocycles. The van der Waals surface area contributed by atoms with Crippen molar-refractivity contribution in [3.63, 3.8) is 0 Å². The topological polar surface area (TPSA) is 67.2 Å². The molecule has 172 valence electrons. The Morgan fingerprint density at radius 1 is 0.970 bits per heavy atom. The first-order chi connectivity index (χ1) is 16.2. The lowest BCUT2D eigenvalue weighted by molar-refractivity contribution is -0.132. The number of rotatable bonds is 5. The predicted molar refractivity (Wildman–Crippen MR) is 124 cm³/mol. The van der Waals surface area contributed by atoms with Crippen molar-refractivity contribution in [3.05, 3.63) is 60.3 Å². The number of carbonyl (C=O) groups is 1. The fourth-order valence-electron chi connectivity index (χ4n) is 4.81. The molecule has 0 unspecified atom stereocenters. The second-order valence-corrected chi connectivity index (χ2v) is 8.85. The van der Waals surface area contributed by atoms with Gasteiger partial charge in [0.1, 0.15) is 24.0 Å². The average Bonchev–Trinajstić information content (AvgIpc) is 3.29. The normalized spacial score (nSPS) is 17.4. The first-order valence-corrected chi connectivity index (χ1v) is 11.8. The molecule has 2 fully saturated rings. The van der Waals surface area contributed by atoms with E-state index in [-0.39, 0.29) is 18.3 Å². The van der Waals surface area contributed by atoms with Gasteiger partial charge >= 0.3 is 0 Å². The molecule has 0 spiro atoms. The molecule has 0 N–H and O–H groups in total. The van der Waals surface area contributed by atoms with Crippen LogP contribution >= 0.6 is 0 Å². The van der Waals surface area contributed by atoms with Gasteiger partial charge in [0.25, 0.3) is 0 Å². The second kappa shape index (κ2) is 9.68. The molecule has 1 aliphatic heterocycles. The number of halogens is 1. The third kappa shape index (κ3) is 4.89. The third-order valence-electron chi connectivity index (χ3n) is 6.66. The fraction of sp³-hybridized carbons (Fsp3) is 0.440. The number of aromatic nitrogens is 4. The van der Waals surface area contributed by atoms with Gasteiger partial charge in [-0.25, -0.2) is 19.0 Å². The monoisotopic (exact) mass is 448 g/mol. The van der Waals surface area contributed by atoms with Crippen molar-refractivity contribution in [1.82, 2.24) is 24.6 Å². The van der Waals surface area contributed by atoms with Crippen molar-refractivity contribution in [1.29, 1.82) is 0 Å². The molecule has 0 radical (unpaired) electrons. The number of hydrogen-bond acceptors (Lipinski definition) is 5. The summed E-state index contributed by atoms with van der Waals surface area (Å²) >= 11 is 0. The zero-order chi connectivity index (χ0) is 22.6. The Kier molecular flexibility index (Phi) is 6.32. The van der Waals surface area contributed by atoms with Crippen molar-refractivity contribution >= 4 is 11.7 Å². The maximum atomic E-state index is 13.4. The molecule has 8 heteroatoms. The van der Waals surface area contributed by atoms with E-state index in [0.717, 1.165) is 43.1 Å². The Balaban J connectivity index is 1.31. The van der Waals surface area contributed by atoms with Crippen molar-refractivity contribution in [2.45, 2.75) is 44.6 Å². The molecular formula is C25H29FN6O. The van der Waals surface area contributed by atoms with E-state index in [1.807, 2.05) is 23.1 Å². The van der Waals surface area contributed by atoms with Crippen LogP contribution in [-0.4, -0.2) is 56.7 Å². The smallest absolute Gasteiger partial charge is 0.244 e. The highest BCUT2D eigenvalue weighted by molar-refractivity contribution is 5.76. The van der Waals surface area contributed by atoms with Gasteiger partial charge in [-0.3, -0.25) is 4.79 Å². The van der Waals surface area contributed by atoms with Crippen LogP contribution in [0.1, 0.15) is 43.8 Å². The Bertz CT molecular complexity index is 1070. The summed E-state index contributed by atoms with van der Waals surface area (Å²) < 4.78 is 15.2. The lowest BCUT2D eigenvalue weighted by atomic mass is 9.88. The molecule has 1 saturated heterocycles. The Morgan fingerprint density at radius 2 is 1.73 bits per heavy atom. The number of hydrogen-bond donors (Lipinski definition) is 0. The van der Waals surface area contributed by atoms with Gasteiger partial charge in [0.05, 0.1) is 0 Å². The molecule has 7 nitrogen and oxygen atoms in total. The van der Waals surface area contributed by atoms with Crippen molar-refractivity contribution in [2.24, 2.45) is 0 Å². The number of pyridine rings is 1. The van der Waals surface area contributed by atoms with Gasteiger partial charge in [-0.05, 0) is 49.2 Å². The van der Waals surface area contributed by atoms with Crippen LogP contribution in [0.2, 0.25) is 0 Å². The van der Waals surface area contributed by atoms with Crippen LogP contribution in [0.4, 0.5) is 10.2 Å². The molecule has 0 atom stereocenters. The van der Waals surface area contributed by atoms with Crippen LogP contribution in [0.15, 0.2) is 48.7 Å². The minimum atomic E-state index is -0.286. The molecule has 3 aromatic rings. The minimum absolute atomic E-state index is 0.0586. The summed E-state index contributed by atoms with van der Waals surface area (Å²) in [5, 5.41) is 4.70. The third-order valence-corrected chi connectivity index (χ3v) is 6.66. The van der Waals surface area contributed by atoms with Crippen LogP contribution in [-0.2, 0) is 11.3 Å². The van der Waals surface area contributed by atoms with Crippen molar-refractivity contribution in [3.8, 4) is 11.4 Å². The summed E-state index contributed by atoms with van der Waals surface area (Å²) in [4.78, 5) is 26.5. The Hall–Kier alpha value is -3.29. The number of carbonyl (C=O) groups excluding carboxylic acids is 1. The maximum Gasteiger partial charge on any atom is 0.244 e. The summed E-state index contributed by atoms with van der Waals surface area (Å²) in [7, 11) is 0. The van der Waals surface area contributed by atoms with Gasteiger partial charge in [0.2, 0.25) is 5.91 Å². The van der Waals surface area contributed by atoms with Gasteiger partial charge in [-0.2, -0.15) is 5.10 Å². The average molecular weight is 449 g/mol. The lowest BCUT2D eigenvalue weighted by Crippen LogP contribution is -2.50. The Morgan fingerprint density at radius 3 is 2.42 bits per heavy atom. The molecule has 3 heterocycles. The molecule has 2 aromatic heterocycles. The maximum absolute atomic E-state index is 13.4. The number of piperazine rings is 1. The van der Waals surface area contributed by atoms with Crippen LogP contribution in [0.25, 0.3) is 11.4 Å². The zero-order valence-corrected chi connectivity index (χ0v) is 18.7. The Labute approximate surface area is 193 Å². The van der Waals surface area contributed by atoms with E-state index in [1.54, 1.807) is 23.0 Å². The largest absolute Gasteiger partial charge is 0.353 e. The molecule has 1 amide bonds. The van der Waals surface area contributed by atoms with E-state index < -0.39 is 0 Å². The summed E-state index contributed by atoms with van der Waals surface area (Å²) in [5.74, 6) is 2.48. The van der Waals surface area contributed by atoms with Gasteiger partial charge in [0, 0.05) is 43.9 Å². The molecule has 33 heavy (non-hydrogen) atoms. The molecule has 1 aromatic carbocycles. The lowest BCUT2D eigenvalue weighted by Gasteiger charge is -2.35. The highest BCUT2D eigenvalue weighted by Gasteiger charge is 2.27. The molecule has 2 aliphatic rings. The van der Waals surface area contributed by atoms with E-state index in [2.05, 4.69) is 9.88 Å². The van der Waals surface area contributed by atoms with Gasteiger partial charge < -0.3 is 9.80 Å². The first kappa shape index (κ1) is 21.6. The minimum Gasteiger partial charge on any atom is -0.353 e. The first-order valence-electron chi connectivity index (χ1n) is 11.8. The van der Waals surface area contributed by atoms with E-state index in [9.17, 15) is 9.18 Å². The van der Waals surface area contributed by atoms with Crippen LogP contribution < -0.4 is 4.90 Å². The van der Waals surface area contributed by atoms with Crippen molar-refractivity contribution in [2.75, 3.05) is 31.1 Å². The van der Waals surface area contributed by atoms with Gasteiger partial charge in [0.15, 0.2) is 5.82 Å². The SMILES string of the molecule is O=C(Cn1nc(-c2ccc(F)cc2)nc1C1CCCCC1)N1CCN(c2ccccn2)CC1. The van der Waals surface area contributed by atoms with E-state index in [1.165, 1.54) is 31.4 Å². The molecule has 1 aliphatic carbocycles. The fourth-order valence-corrected chi connectivity index (χ4v) is 4.81. The van der Waals surface area contributed by atoms with E-state index >= 15 is 0 Å². The quantitative estimate of drug-likeness (QED) is 0.593. The number of anilines is 1. The van der Waals surface area contributed by atoms with Crippen LogP contribution in [0.5, 0.6) is 0 Å². The summed E-state index contributed by atoms with van der Waals surface area (Å²) in [6, 6.07) is 12.1.